The molecule has 0 unspecified atom stereocenters. The number of fused-ring (bicyclic) bond motifs is 1. The molecule has 0 bridgehead atoms. The molecule has 0 saturated carbocycles. The van der Waals surface area contributed by atoms with E-state index in [1.54, 1.807) is 0 Å². The molecule has 76 valence electrons. The molecule has 14 heavy (non-hydrogen) atoms. The van der Waals surface area contributed by atoms with Gasteiger partial charge in [0, 0.05) is 14.6 Å². The van der Waals surface area contributed by atoms with Gasteiger partial charge < -0.3 is 0 Å². The average Bonchev–Trinajstić information content (AvgIpc) is 2.62. The Morgan fingerprint density at radius 3 is 2.57 bits per heavy atom. The molecule has 0 amide bonds. The van der Waals surface area contributed by atoms with Crippen LogP contribution in [0.2, 0.25) is 5.02 Å². The van der Waals surface area contributed by atoms with Crippen LogP contribution >= 0.6 is 22.9 Å². The SMILES string of the molecule is CC.CCc1cc2cc(Cl)ccc2s1. The Labute approximate surface area is 94.5 Å². The van der Waals surface area contributed by atoms with Crippen LogP contribution in [0.4, 0.5) is 0 Å². The first-order valence-electron chi connectivity index (χ1n) is 4.97. The Bertz CT molecular complexity index is 404. The average molecular weight is 227 g/mol. The zero-order chi connectivity index (χ0) is 10.6. The molecule has 2 aromatic rings. The van der Waals surface area contributed by atoms with Crippen molar-refractivity contribution in [3.05, 3.63) is 34.2 Å². The van der Waals surface area contributed by atoms with Crippen molar-refractivity contribution in [1.82, 2.24) is 0 Å². The highest BCUT2D eigenvalue weighted by atomic mass is 35.5. The molecule has 0 saturated heterocycles. The summed E-state index contributed by atoms with van der Waals surface area (Å²) in [5, 5.41) is 2.09. The van der Waals surface area contributed by atoms with Crippen LogP contribution in [0.3, 0.4) is 0 Å². The second-order valence-corrected chi connectivity index (χ2v) is 4.35. The lowest BCUT2D eigenvalue weighted by atomic mass is 10.2. The van der Waals surface area contributed by atoms with Crippen LogP contribution in [-0.2, 0) is 6.42 Å². The minimum atomic E-state index is 0.822. The van der Waals surface area contributed by atoms with E-state index in [2.05, 4.69) is 19.1 Å². The molecule has 2 rings (SSSR count). The van der Waals surface area contributed by atoms with E-state index in [4.69, 9.17) is 11.6 Å². The van der Waals surface area contributed by atoms with Gasteiger partial charge in [-0.05, 0) is 36.1 Å². The number of thiophene rings is 1. The second-order valence-electron chi connectivity index (χ2n) is 2.75. The summed E-state index contributed by atoms with van der Waals surface area (Å²) in [6.07, 6.45) is 1.11. The van der Waals surface area contributed by atoms with Gasteiger partial charge in [0.15, 0.2) is 0 Å². The summed E-state index contributed by atoms with van der Waals surface area (Å²) >= 11 is 7.72. The van der Waals surface area contributed by atoms with Crippen LogP contribution in [0.25, 0.3) is 10.1 Å². The smallest absolute Gasteiger partial charge is 0.0412 e. The molecule has 0 radical (unpaired) electrons. The third kappa shape index (κ3) is 2.49. The molecule has 0 aliphatic carbocycles. The first-order valence-corrected chi connectivity index (χ1v) is 6.17. The van der Waals surface area contributed by atoms with Gasteiger partial charge in [-0.25, -0.2) is 0 Å². The third-order valence-electron chi connectivity index (χ3n) is 1.88. The first kappa shape index (κ1) is 11.5. The molecule has 1 heterocycles. The molecular formula is C12H15ClS. The molecule has 0 spiro atoms. The Balaban J connectivity index is 0.000000461. The van der Waals surface area contributed by atoms with Gasteiger partial charge in [0.1, 0.15) is 0 Å². The van der Waals surface area contributed by atoms with Crippen molar-refractivity contribution in [2.24, 2.45) is 0 Å². The maximum Gasteiger partial charge on any atom is 0.0412 e. The minimum absolute atomic E-state index is 0.822. The second kappa shape index (κ2) is 5.38. The molecule has 1 aromatic carbocycles. The Morgan fingerprint density at radius 1 is 1.21 bits per heavy atom. The van der Waals surface area contributed by atoms with Gasteiger partial charge >= 0.3 is 0 Å². The number of hydrogen-bond donors (Lipinski definition) is 0. The number of halogens is 1. The van der Waals surface area contributed by atoms with Crippen molar-refractivity contribution in [3.63, 3.8) is 0 Å². The zero-order valence-electron chi connectivity index (χ0n) is 8.80. The van der Waals surface area contributed by atoms with Gasteiger partial charge in [0.25, 0.3) is 0 Å². The van der Waals surface area contributed by atoms with Crippen molar-refractivity contribution < 1.29 is 0 Å². The highest BCUT2D eigenvalue weighted by Gasteiger charge is 1.99. The molecule has 1 aromatic heterocycles. The third-order valence-corrected chi connectivity index (χ3v) is 3.37. The lowest BCUT2D eigenvalue weighted by molar-refractivity contribution is 1.19. The lowest BCUT2D eigenvalue weighted by Crippen LogP contribution is -1.65. The minimum Gasteiger partial charge on any atom is -0.140 e. The van der Waals surface area contributed by atoms with E-state index in [9.17, 15) is 0 Å². The van der Waals surface area contributed by atoms with Crippen LogP contribution in [0, 0.1) is 0 Å². The Hall–Kier alpha value is -0.530. The van der Waals surface area contributed by atoms with E-state index in [1.807, 2.05) is 37.3 Å². The highest BCUT2D eigenvalue weighted by Crippen LogP contribution is 2.28. The standard InChI is InChI=1S/C10H9ClS.C2H6/c1-2-9-6-7-5-8(11)3-4-10(7)12-9;1-2/h3-6H,2H2,1H3;1-2H3. The summed E-state index contributed by atoms with van der Waals surface area (Å²) in [7, 11) is 0. The quantitative estimate of drug-likeness (QED) is 0.632. The topological polar surface area (TPSA) is 0 Å². The van der Waals surface area contributed by atoms with Crippen molar-refractivity contribution in [2.75, 3.05) is 0 Å². The normalized spacial score (nSPS) is 9.71. The molecule has 2 heteroatoms. The van der Waals surface area contributed by atoms with Crippen molar-refractivity contribution in [3.8, 4) is 0 Å². The summed E-state index contributed by atoms with van der Waals surface area (Å²) in [5.41, 5.74) is 0. The lowest BCUT2D eigenvalue weighted by Gasteiger charge is -1.88. The predicted molar refractivity (Wildman–Crippen MR) is 67.6 cm³/mol. The summed E-state index contributed by atoms with van der Waals surface area (Å²) in [4.78, 5) is 1.42. The van der Waals surface area contributed by atoms with Crippen molar-refractivity contribution in [1.29, 1.82) is 0 Å². The molecule has 0 fully saturated rings. The fourth-order valence-corrected chi connectivity index (χ4v) is 2.41. The number of aryl methyl sites for hydroxylation is 1. The molecular weight excluding hydrogens is 212 g/mol. The Morgan fingerprint density at radius 2 is 1.93 bits per heavy atom. The maximum absolute atomic E-state index is 5.88. The maximum atomic E-state index is 5.88. The number of hydrogen-bond acceptors (Lipinski definition) is 1. The summed E-state index contributed by atoms with van der Waals surface area (Å²) in [6, 6.07) is 8.26. The summed E-state index contributed by atoms with van der Waals surface area (Å²) in [5.74, 6) is 0. The van der Waals surface area contributed by atoms with Crippen LogP contribution < -0.4 is 0 Å². The first-order chi connectivity index (χ1) is 6.79. The molecule has 0 N–H and O–H groups in total. The fourth-order valence-electron chi connectivity index (χ4n) is 1.24. The van der Waals surface area contributed by atoms with Crippen molar-refractivity contribution in [2.45, 2.75) is 27.2 Å². The van der Waals surface area contributed by atoms with Crippen LogP contribution in [0.1, 0.15) is 25.6 Å². The van der Waals surface area contributed by atoms with E-state index in [1.165, 1.54) is 15.0 Å². The fraction of sp³-hybridized carbons (Fsp3) is 0.333. The van der Waals surface area contributed by atoms with Gasteiger partial charge in [0.05, 0.1) is 0 Å². The van der Waals surface area contributed by atoms with E-state index in [0.717, 1.165) is 11.4 Å². The highest BCUT2D eigenvalue weighted by molar-refractivity contribution is 7.19. The van der Waals surface area contributed by atoms with Crippen LogP contribution in [-0.4, -0.2) is 0 Å². The van der Waals surface area contributed by atoms with Crippen LogP contribution in [0.5, 0.6) is 0 Å². The molecule has 0 aliphatic heterocycles. The summed E-state index contributed by atoms with van der Waals surface area (Å²) in [6.45, 7) is 6.17. The van der Waals surface area contributed by atoms with Crippen molar-refractivity contribution >= 4 is 33.0 Å². The van der Waals surface area contributed by atoms with Gasteiger partial charge in [-0.2, -0.15) is 0 Å². The largest absolute Gasteiger partial charge is 0.140 e. The van der Waals surface area contributed by atoms with E-state index in [-0.39, 0.29) is 0 Å². The zero-order valence-corrected chi connectivity index (χ0v) is 10.4. The van der Waals surface area contributed by atoms with E-state index in [0.29, 0.717) is 0 Å². The van der Waals surface area contributed by atoms with Gasteiger partial charge in [-0.1, -0.05) is 32.4 Å². The monoisotopic (exact) mass is 226 g/mol. The van der Waals surface area contributed by atoms with E-state index >= 15 is 0 Å². The Kier molecular flexibility index (Phi) is 4.43. The van der Waals surface area contributed by atoms with Gasteiger partial charge in [-0.15, -0.1) is 11.3 Å². The van der Waals surface area contributed by atoms with Crippen LogP contribution in [0.15, 0.2) is 24.3 Å². The van der Waals surface area contributed by atoms with Gasteiger partial charge in [-0.3, -0.25) is 0 Å². The molecule has 0 nitrogen and oxygen atoms in total. The molecule has 0 atom stereocenters. The molecule has 0 aliphatic rings. The predicted octanol–water partition coefficient (Wildman–Crippen LogP) is 5.14. The number of benzene rings is 1. The van der Waals surface area contributed by atoms with E-state index < -0.39 is 0 Å². The summed E-state index contributed by atoms with van der Waals surface area (Å²) < 4.78 is 1.33. The number of rotatable bonds is 1. The van der Waals surface area contributed by atoms with Gasteiger partial charge in [0.2, 0.25) is 0 Å².